The van der Waals surface area contributed by atoms with Gasteiger partial charge in [-0.3, -0.25) is 0 Å². The van der Waals surface area contributed by atoms with E-state index in [4.69, 9.17) is 9.16 Å². The van der Waals surface area contributed by atoms with Gasteiger partial charge in [-0.25, -0.2) is 9.59 Å². The molecular formula is C24H40O4Si. The number of ether oxygens (including phenoxy) is 1. The highest BCUT2D eigenvalue weighted by molar-refractivity contribution is 6.75. The molecule has 0 bridgehead atoms. The molecule has 5 heteroatoms. The van der Waals surface area contributed by atoms with Crippen molar-refractivity contribution in [2.24, 2.45) is 0 Å². The molecule has 0 aromatic heterocycles. The molecule has 4 nitrogen and oxygen atoms in total. The van der Waals surface area contributed by atoms with E-state index < -0.39 is 20.3 Å². The molecule has 0 aliphatic rings. The smallest absolute Gasteiger partial charge is 0.339 e. The van der Waals surface area contributed by atoms with Crippen molar-refractivity contribution < 1.29 is 18.8 Å². The molecule has 0 radical (unpaired) electrons. The van der Waals surface area contributed by atoms with Crippen LogP contribution in [0.2, 0.25) is 18.1 Å². The number of esters is 1. The Hall–Kier alpha value is -1.62. The van der Waals surface area contributed by atoms with Crippen LogP contribution in [-0.2, 0) is 9.16 Å². The molecule has 1 aromatic rings. The lowest BCUT2D eigenvalue weighted by Crippen LogP contribution is -2.42. The first-order valence-corrected chi connectivity index (χ1v) is 13.9. The number of carbonyl (C=O) groups is 2. The maximum atomic E-state index is 12.8. The summed E-state index contributed by atoms with van der Waals surface area (Å²) in [5, 5.41) is -0.0935. The van der Waals surface area contributed by atoms with Crippen molar-refractivity contribution in [3.8, 4) is 0 Å². The molecule has 1 atom stereocenters. The molecule has 0 fully saturated rings. The van der Waals surface area contributed by atoms with E-state index in [1.165, 1.54) is 25.7 Å². The van der Waals surface area contributed by atoms with Crippen molar-refractivity contribution in [3.05, 3.63) is 35.4 Å². The summed E-state index contributed by atoms with van der Waals surface area (Å²) in [7, 11) is -2.27. The first kappa shape index (κ1) is 25.4. The second-order valence-corrected chi connectivity index (χ2v) is 14.2. The van der Waals surface area contributed by atoms with E-state index in [1.54, 1.807) is 24.3 Å². The fourth-order valence-electron chi connectivity index (χ4n) is 2.80. The van der Waals surface area contributed by atoms with Crippen LogP contribution >= 0.6 is 0 Å². The van der Waals surface area contributed by atoms with E-state index in [-0.39, 0.29) is 22.3 Å². The second kappa shape index (κ2) is 11.5. The van der Waals surface area contributed by atoms with Gasteiger partial charge in [-0.15, -0.1) is 0 Å². The van der Waals surface area contributed by atoms with Crippen LogP contribution in [0, 0.1) is 0 Å². The minimum Gasteiger partial charge on any atom is -0.516 e. The number of benzene rings is 1. The summed E-state index contributed by atoms with van der Waals surface area (Å²) in [6.45, 7) is 14.4. The molecule has 29 heavy (non-hydrogen) atoms. The van der Waals surface area contributed by atoms with Gasteiger partial charge in [0.2, 0.25) is 0 Å². The summed E-state index contributed by atoms with van der Waals surface area (Å²) in [4.78, 5) is 25.5. The van der Waals surface area contributed by atoms with Gasteiger partial charge in [0.25, 0.3) is 8.32 Å². The van der Waals surface area contributed by atoms with Crippen LogP contribution in [-0.4, -0.2) is 26.4 Å². The summed E-state index contributed by atoms with van der Waals surface area (Å²) in [6.07, 6.45) is 7.92. The van der Waals surface area contributed by atoms with Gasteiger partial charge in [0.1, 0.15) is 0 Å². The Morgan fingerprint density at radius 2 is 1.45 bits per heavy atom. The number of unbranched alkanes of at least 4 members (excludes halogenated alkanes) is 5. The summed E-state index contributed by atoms with van der Waals surface area (Å²) in [5.41, 5.74) is 0.570. The first-order chi connectivity index (χ1) is 13.5. The zero-order chi connectivity index (χ0) is 22.1. The Kier molecular flexibility index (Phi) is 10.1. The number of carbonyl (C=O) groups excluding carboxylic acids is 2. The third-order valence-electron chi connectivity index (χ3n) is 5.79. The van der Waals surface area contributed by atoms with Gasteiger partial charge in [-0.05, 0) is 50.0 Å². The fourth-order valence-corrected chi connectivity index (χ4v) is 3.68. The average Bonchev–Trinajstić information content (AvgIpc) is 2.63. The Bertz CT molecular complexity index is 661. The van der Waals surface area contributed by atoms with Crippen LogP contribution in [0.1, 0.15) is 100 Å². The third-order valence-corrected chi connectivity index (χ3v) is 10.1. The van der Waals surface area contributed by atoms with E-state index >= 15 is 0 Å². The summed E-state index contributed by atoms with van der Waals surface area (Å²) in [6, 6.07) is 6.78. The van der Waals surface area contributed by atoms with Gasteiger partial charge in [-0.2, -0.15) is 0 Å². The highest BCUT2D eigenvalue weighted by Crippen LogP contribution is 2.37. The molecule has 0 aliphatic carbocycles. The Morgan fingerprint density at radius 3 is 2.00 bits per heavy atom. The van der Waals surface area contributed by atoms with Gasteiger partial charge in [0.15, 0.2) is 0 Å². The fraction of sp³-hybridized carbons (Fsp3) is 0.667. The monoisotopic (exact) mass is 420 g/mol. The standard InChI is InChI=1S/C24H40O4Si/c1-8-9-10-11-12-13-16-19(2)27-22(25)20-17-14-15-18-21(20)23(26)28-29(6,7)24(3,4)5/h14-15,17-19H,8-13,16H2,1-7H3. The molecule has 164 valence electrons. The van der Waals surface area contributed by atoms with Crippen molar-refractivity contribution in [2.75, 3.05) is 0 Å². The molecule has 0 heterocycles. The van der Waals surface area contributed by atoms with E-state index in [0.717, 1.165) is 19.3 Å². The summed E-state index contributed by atoms with van der Waals surface area (Å²) in [5.74, 6) is -0.890. The van der Waals surface area contributed by atoms with Crippen LogP contribution in [0.15, 0.2) is 24.3 Å². The predicted octanol–water partition coefficient (Wildman–Crippen LogP) is 7.14. The van der Waals surface area contributed by atoms with Crippen LogP contribution in [0.3, 0.4) is 0 Å². The summed E-state index contributed by atoms with van der Waals surface area (Å²) >= 11 is 0. The Morgan fingerprint density at radius 1 is 0.931 bits per heavy atom. The van der Waals surface area contributed by atoms with E-state index in [9.17, 15) is 9.59 Å². The second-order valence-electron chi connectivity index (χ2n) is 9.47. The van der Waals surface area contributed by atoms with Crippen LogP contribution in [0.25, 0.3) is 0 Å². The zero-order valence-corrected chi connectivity index (χ0v) is 20.5. The van der Waals surface area contributed by atoms with Crippen molar-refractivity contribution in [2.45, 2.75) is 104 Å². The van der Waals surface area contributed by atoms with Crippen molar-refractivity contribution in [1.29, 1.82) is 0 Å². The Labute approximate surface area is 178 Å². The minimum absolute atomic E-state index is 0.0935. The molecule has 1 rings (SSSR count). The quantitative estimate of drug-likeness (QED) is 0.217. The van der Waals surface area contributed by atoms with Crippen molar-refractivity contribution in [1.82, 2.24) is 0 Å². The van der Waals surface area contributed by atoms with Gasteiger partial charge in [0, 0.05) is 0 Å². The average molecular weight is 421 g/mol. The largest absolute Gasteiger partial charge is 0.516 e. The van der Waals surface area contributed by atoms with Gasteiger partial charge in [-0.1, -0.05) is 71.9 Å². The number of hydrogen-bond acceptors (Lipinski definition) is 4. The van der Waals surface area contributed by atoms with Crippen LogP contribution < -0.4 is 0 Å². The van der Waals surface area contributed by atoms with Crippen molar-refractivity contribution in [3.63, 3.8) is 0 Å². The highest BCUT2D eigenvalue weighted by Gasteiger charge is 2.41. The molecule has 1 unspecified atom stereocenters. The van der Waals surface area contributed by atoms with Gasteiger partial charge < -0.3 is 9.16 Å². The lowest BCUT2D eigenvalue weighted by atomic mass is 10.1. The zero-order valence-electron chi connectivity index (χ0n) is 19.5. The molecule has 0 saturated heterocycles. The Balaban J connectivity index is 2.70. The van der Waals surface area contributed by atoms with E-state index in [1.807, 2.05) is 20.0 Å². The third kappa shape index (κ3) is 8.33. The predicted molar refractivity (Wildman–Crippen MR) is 122 cm³/mol. The molecule has 0 aliphatic heterocycles. The van der Waals surface area contributed by atoms with Crippen LogP contribution in [0.5, 0.6) is 0 Å². The lowest BCUT2D eigenvalue weighted by molar-refractivity contribution is 0.0314. The maximum Gasteiger partial charge on any atom is 0.339 e. The minimum atomic E-state index is -2.27. The normalized spacial score (nSPS) is 13.1. The molecule has 0 spiro atoms. The van der Waals surface area contributed by atoms with Gasteiger partial charge in [0.05, 0.1) is 17.2 Å². The topological polar surface area (TPSA) is 52.6 Å². The van der Waals surface area contributed by atoms with Gasteiger partial charge >= 0.3 is 11.9 Å². The molecule has 0 N–H and O–H groups in total. The number of rotatable bonds is 11. The maximum absolute atomic E-state index is 12.8. The lowest BCUT2D eigenvalue weighted by Gasteiger charge is -2.35. The van der Waals surface area contributed by atoms with E-state index in [2.05, 4.69) is 27.7 Å². The SMILES string of the molecule is CCCCCCCCC(C)OC(=O)c1ccccc1C(=O)O[Si](C)(C)C(C)(C)C. The highest BCUT2D eigenvalue weighted by atomic mass is 28.4. The first-order valence-electron chi connectivity index (χ1n) is 11.0. The molecule has 1 aromatic carbocycles. The molecular weight excluding hydrogens is 380 g/mol. The summed E-state index contributed by atoms with van der Waals surface area (Å²) < 4.78 is 11.5. The molecule has 0 amide bonds. The van der Waals surface area contributed by atoms with Crippen molar-refractivity contribution >= 4 is 20.3 Å². The van der Waals surface area contributed by atoms with Crippen LogP contribution in [0.4, 0.5) is 0 Å². The number of hydrogen-bond donors (Lipinski definition) is 0. The van der Waals surface area contributed by atoms with E-state index in [0.29, 0.717) is 0 Å². The molecule has 0 saturated carbocycles.